The van der Waals surface area contributed by atoms with E-state index < -0.39 is 56.9 Å². The molecule has 10 heteroatoms. The van der Waals surface area contributed by atoms with Crippen LogP contribution in [0, 0.1) is 0 Å². The maximum Gasteiger partial charge on any atom is 0.330 e. The Balaban J connectivity index is 2.46. The van der Waals surface area contributed by atoms with Gasteiger partial charge in [0, 0.05) is 12.3 Å². The summed E-state index contributed by atoms with van der Waals surface area (Å²) in [6.07, 6.45) is -3.41. The molecule has 0 amide bonds. The fraction of sp³-hybridized carbons (Fsp3) is 0.750. The second-order valence-electron chi connectivity index (χ2n) is 8.15. The molecule has 0 aliphatic carbocycles. The van der Waals surface area contributed by atoms with Crippen LogP contribution in [0.25, 0.3) is 0 Å². The Hall–Kier alpha value is -1.33. The zero-order valence-electron chi connectivity index (χ0n) is 15.7. The smallest absolute Gasteiger partial charge is 0.330 e. The minimum absolute atomic E-state index is 0.240. The molecule has 148 valence electrons. The van der Waals surface area contributed by atoms with E-state index in [1.165, 1.54) is 0 Å². The van der Waals surface area contributed by atoms with Crippen LogP contribution in [0.1, 0.15) is 27.0 Å². The van der Waals surface area contributed by atoms with Gasteiger partial charge in [0.2, 0.25) is 0 Å². The molecule has 1 aromatic rings. The molecule has 1 aromatic heterocycles. The SMILES string of the molecule is CC(C)(C)[Si](C)(C)OC1[C@@H](F)[C@H](n2ccc(=O)[nH]c2=O)OC1(CO)CO. The first-order valence-electron chi connectivity index (χ1n) is 8.41. The number of aromatic amines is 1. The lowest BCUT2D eigenvalue weighted by atomic mass is 9.98. The number of aromatic nitrogens is 2. The Morgan fingerprint density at radius 1 is 1.35 bits per heavy atom. The van der Waals surface area contributed by atoms with Crippen LogP contribution in [0.2, 0.25) is 18.1 Å². The fourth-order valence-corrected chi connectivity index (χ4v) is 3.95. The van der Waals surface area contributed by atoms with Crippen LogP contribution in [0.15, 0.2) is 21.9 Å². The average molecular weight is 390 g/mol. The van der Waals surface area contributed by atoms with Gasteiger partial charge in [-0.1, -0.05) is 20.8 Å². The highest BCUT2D eigenvalue weighted by atomic mass is 28.4. The van der Waals surface area contributed by atoms with Crippen molar-refractivity contribution in [2.24, 2.45) is 0 Å². The van der Waals surface area contributed by atoms with Crippen molar-refractivity contribution in [1.29, 1.82) is 0 Å². The standard InChI is InChI=1S/C16H27FN2O6Si/c1-15(2,3)26(4,5)25-12-11(17)13(24-16(12,8-20)9-21)19-7-6-10(22)18-14(19)23/h6-7,11-13,20-21H,8-9H2,1-5H3,(H,18,22,23)/t11-,12?,13-/m1/s1. The number of hydrogen-bond donors (Lipinski definition) is 3. The molecule has 3 atom stereocenters. The number of aliphatic hydroxyl groups is 2. The largest absolute Gasteiger partial charge is 0.408 e. The number of aliphatic hydroxyl groups excluding tert-OH is 2. The maximum atomic E-state index is 15.3. The van der Waals surface area contributed by atoms with Crippen LogP contribution >= 0.6 is 0 Å². The van der Waals surface area contributed by atoms with E-state index in [9.17, 15) is 19.8 Å². The van der Waals surface area contributed by atoms with Gasteiger partial charge in [-0.3, -0.25) is 14.3 Å². The number of rotatable bonds is 5. The highest BCUT2D eigenvalue weighted by Gasteiger charge is 2.59. The van der Waals surface area contributed by atoms with E-state index in [2.05, 4.69) is 0 Å². The van der Waals surface area contributed by atoms with Crippen molar-refractivity contribution >= 4 is 8.32 Å². The van der Waals surface area contributed by atoms with Gasteiger partial charge in [-0.2, -0.15) is 0 Å². The first-order chi connectivity index (χ1) is 11.9. The molecule has 0 saturated carbocycles. The van der Waals surface area contributed by atoms with Crippen LogP contribution < -0.4 is 11.2 Å². The van der Waals surface area contributed by atoms with Gasteiger partial charge in [-0.25, -0.2) is 9.18 Å². The van der Waals surface area contributed by atoms with Gasteiger partial charge in [0.25, 0.3) is 5.56 Å². The summed E-state index contributed by atoms with van der Waals surface area (Å²) in [6.45, 7) is 8.40. The van der Waals surface area contributed by atoms with E-state index in [0.717, 1.165) is 16.8 Å². The fourth-order valence-electron chi connectivity index (χ4n) is 2.62. The second-order valence-corrected chi connectivity index (χ2v) is 12.9. The summed E-state index contributed by atoms with van der Waals surface area (Å²) in [4.78, 5) is 25.3. The first kappa shape index (κ1) is 21.0. The van der Waals surface area contributed by atoms with Gasteiger partial charge in [0.05, 0.1) is 13.2 Å². The molecule has 1 unspecified atom stereocenters. The van der Waals surface area contributed by atoms with Crippen molar-refractivity contribution in [3.8, 4) is 0 Å². The molecule has 0 spiro atoms. The van der Waals surface area contributed by atoms with Crippen LogP contribution in [0.4, 0.5) is 4.39 Å². The third-order valence-electron chi connectivity index (χ3n) is 5.32. The van der Waals surface area contributed by atoms with E-state index >= 15 is 4.39 Å². The van der Waals surface area contributed by atoms with Gasteiger partial charge >= 0.3 is 5.69 Å². The van der Waals surface area contributed by atoms with E-state index in [-0.39, 0.29) is 5.04 Å². The van der Waals surface area contributed by atoms with Crippen molar-refractivity contribution in [2.45, 2.75) is 63.0 Å². The third-order valence-corrected chi connectivity index (χ3v) is 9.78. The summed E-state index contributed by atoms with van der Waals surface area (Å²) in [5.41, 5.74) is -3.16. The number of hydrogen-bond acceptors (Lipinski definition) is 6. The molecule has 26 heavy (non-hydrogen) atoms. The lowest BCUT2D eigenvalue weighted by Crippen LogP contribution is -2.56. The summed E-state index contributed by atoms with van der Waals surface area (Å²) in [7, 11) is -2.47. The van der Waals surface area contributed by atoms with E-state index in [1.54, 1.807) is 0 Å². The zero-order chi connectivity index (χ0) is 19.9. The predicted molar refractivity (Wildman–Crippen MR) is 95.3 cm³/mol. The third kappa shape index (κ3) is 3.56. The molecule has 1 aliphatic heterocycles. The number of nitrogens with one attached hydrogen (secondary N) is 1. The highest BCUT2D eigenvalue weighted by Crippen LogP contribution is 2.45. The lowest BCUT2D eigenvalue weighted by Gasteiger charge is -2.42. The normalized spacial score (nSPS) is 26.2. The molecule has 0 bridgehead atoms. The zero-order valence-corrected chi connectivity index (χ0v) is 16.7. The number of ether oxygens (including phenoxy) is 1. The van der Waals surface area contributed by atoms with E-state index in [1.807, 2.05) is 38.8 Å². The molecular formula is C16H27FN2O6Si. The first-order valence-corrected chi connectivity index (χ1v) is 11.3. The summed E-state index contributed by atoms with van der Waals surface area (Å²) >= 11 is 0. The van der Waals surface area contributed by atoms with Gasteiger partial charge < -0.3 is 19.4 Å². The Labute approximate surface area is 151 Å². The monoisotopic (exact) mass is 390 g/mol. The molecule has 3 N–H and O–H groups in total. The van der Waals surface area contributed by atoms with Gasteiger partial charge in [-0.15, -0.1) is 0 Å². The van der Waals surface area contributed by atoms with Crippen LogP contribution in [0.3, 0.4) is 0 Å². The van der Waals surface area contributed by atoms with Crippen molar-refractivity contribution in [3.05, 3.63) is 33.1 Å². The van der Waals surface area contributed by atoms with Crippen molar-refractivity contribution in [1.82, 2.24) is 9.55 Å². The molecule has 1 saturated heterocycles. The van der Waals surface area contributed by atoms with Crippen molar-refractivity contribution in [3.63, 3.8) is 0 Å². The topological polar surface area (TPSA) is 114 Å². The summed E-state index contributed by atoms with van der Waals surface area (Å²) in [5, 5.41) is 19.4. The van der Waals surface area contributed by atoms with Gasteiger partial charge in [0.1, 0.15) is 11.7 Å². The molecule has 1 aliphatic rings. The predicted octanol–water partition coefficient (Wildman–Crippen LogP) is 0.517. The summed E-state index contributed by atoms with van der Waals surface area (Å²) in [5.74, 6) is 0. The second kappa shape index (κ2) is 7.00. The lowest BCUT2D eigenvalue weighted by molar-refractivity contribution is -0.148. The van der Waals surface area contributed by atoms with Crippen molar-refractivity contribution in [2.75, 3.05) is 13.2 Å². The van der Waals surface area contributed by atoms with E-state index in [4.69, 9.17) is 9.16 Å². The number of alkyl halides is 1. The molecular weight excluding hydrogens is 363 g/mol. The minimum atomic E-state index is -2.47. The Morgan fingerprint density at radius 3 is 2.38 bits per heavy atom. The number of halogens is 1. The molecule has 2 heterocycles. The Morgan fingerprint density at radius 2 is 1.92 bits per heavy atom. The van der Waals surface area contributed by atoms with Crippen molar-refractivity contribution < 1.29 is 23.8 Å². The van der Waals surface area contributed by atoms with Gasteiger partial charge in [-0.05, 0) is 18.1 Å². The number of H-pyrrole nitrogens is 1. The Kier molecular flexibility index (Phi) is 5.65. The molecule has 8 nitrogen and oxygen atoms in total. The Bertz CT molecular complexity index is 752. The van der Waals surface area contributed by atoms with Crippen LogP contribution in [0.5, 0.6) is 0 Å². The molecule has 2 rings (SSSR count). The quantitative estimate of drug-likeness (QED) is 0.632. The van der Waals surface area contributed by atoms with Gasteiger partial charge in [0.15, 0.2) is 20.7 Å². The molecule has 0 radical (unpaired) electrons. The maximum absolute atomic E-state index is 15.3. The number of nitrogens with zero attached hydrogens (tertiary/aromatic N) is 1. The summed E-state index contributed by atoms with van der Waals surface area (Å²) < 4.78 is 27.9. The van der Waals surface area contributed by atoms with E-state index in [0.29, 0.717) is 0 Å². The summed E-state index contributed by atoms with van der Waals surface area (Å²) in [6, 6.07) is 1.07. The average Bonchev–Trinajstić information content (AvgIpc) is 2.80. The molecule has 0 aromatic carbocycles. The molecule has 1 fully saturated rings. The minimum Gasteiger partial charge on any atom is -0.408 e. The highest BCUT2D eigenvalue weighted by molar-refractivity contribution is 6.74. The van der Waals surface area contributed by atoms with Crippen LogP contribution in [-0.2, 0) is 9.16 Å². The van der Waals surface area contributed by atoms with Crippen LogP contribution in [-0.4, -0.2) is 59.2 Å².